The van der Waals surface area contributed by atoms with E-state index < -0.39 is 23.8 Å². The number of halogens is 6. The summed E-state index contributed by atoms with van der Waals surface area (Å²) in [6.07, 6.45) is 0. The molecule has 0 bridgehead atoms. The van der Waals surface area contributed by atoms with Crippen molar-refractivity contribution in [3.63, 3.8) is 0 Å². The molecular formula is C21H11Cl6O3P. The van der Waals surface area contributed by atoms with Crippen molar-refractivity contribution in [1.29, 1.82) is 0 Å². The first-order valence-corrected chi connectivity index (χ1v) is 12.5. The summed E-state index contributed by atoms with van der Waals surface area (Å²) in [5.74, 6) is 0. The third-order valence-corrected chi connectivity index (χ3v) is 9.76. The Kier molecular flexibility index (Phi) is 7.50. The molecule has 160 valence electrons. The summed E-state index contributed by atoms with van der Waals surface area (Å²) in [5.41, 5.74) is -2.12. The Morgan fingerprint density at radius 3 is 1.65 bits per heavy atom. The van der Waals surface area contributed by atoms with Gasteiger partial charge in [-0.25, -0.2) is 0 Å². The van der Waals surface area contributed by atoms with Crippen LogP contribution >= 0.6 is 76.7 Å². The second kappa shape index (κ2) is 9.45. The van der Waals surface area contributed by atoms with Crippen molar-refractivity contribution in [1.82, 2.24) is 0 Å². The van der Waals surface area contributed by atoms with Crippen molar-refractivity contribution in [2.75, 3.05) is 0 Å². The quantitative estimate of drug-likeness (QED) is 0.180. The summed E-state index contributed by atoms with van der Waals surface area (Å²) in [4.78, 5) is 27.3. The Balaban J connectivity index is 2.37. The number of hydrogen-bond donors (Lipinski definition) is 0. The number of benzene rings is 3. The highest BCUT2D eigenvalue weighted by molar-refractivity contribution is 8.01. The van der Waals surface area contributed by atoms with E-state index in [-0.39, 0.29) is 41.0 Å². The Morgan fingerprint density at radius 1 is 0.645 bits per heavy atom. The minimum absolute atomic E-state index is 0.0151. The predicted molar refractivity (Wildman–Crippen MR) is 130 cm³/mol. The van der Waals surface area contributed by atoms with Gasteiger partial charge in [-0.1, -0.05) is 112 Å². The molecule has 1 atom stereocenters. The molecule has 0 aliphatic rings. The summed E-state index contributed by atoms with van der Waals surface area (Å²) in [7, 11) is -4.55. The van der Waals surface area contributed by atoms with E-state index in [1.807, 2.05) is 0 Å². The van der Waals surface area contributed by atoms with Crippen LogP contribution in [0.15, 0.2) is 48.5 Å². The van der Waals surface area contributed by atoms with E-state index >= 15 is 0 Å². The summed E-state index contributed by atoms with van der Waals surface area (Å²) >= 11 is 36.9. The van der Waals surface area contributed by atoms with Gasteiger partial charge in [-0.3, -0.25) is 9.59 Å². The molecule has 3 rings (SSSR count). The molecule has 31 heavy (non-hydrogen) atoms. The number of carbonyl (C=O) groups is 2. The van der Waals surface area contributed by atoms with Gasteiger partial charge in [0, 0.05) is 10.9 Å². The Hall–Kier alpha value is -1.03. The van der Waals surface area contributed by atoms with Crippen molar-refractivity contribution in [2.45, 2.75) is 6.92 Å². The van der Waals surface area contributed by atoms with Crippen LogP contribution in [0.2, 0.25) is 30.1 Å². The first-order valence-electron chi connectivity index (χ1n) is 8.55. The van der Waals surface area contributed by atoms with Crippen molar-refractivity contribution in [2.24, 2.45) is 0 Å². The van der Waals surface area contributed by atoms with Crippen molar-refractivity contribution >= 4 is 93.1 Å². The van der Waals surface area contributed by atoms with Crippen LogP contribution in [0, 0.1) is 6.92 Å². The van der Waals surface area contributed by atoms with Gasteiger partial charge in [-0.2, -0.15) is 0 Å². The minimum Gasteiger partial charge on any atom is -0.302 e. The van der Waals surface area contributed by atoms with Gasteiger partial charge in [0.15, 0.2) is 0 Å². The zero-order valence-corrected chi connectivity index (χ0v) is 21.0. The lowest BCUT2D eigenvalue weighted by Gasteiger charge is -2.20. The van der Waals surface area contributed by atoms with Crippen LogP contribution in [0.3, 0.4) is 0 Å². The van der Waals surface area contributed by atoms with E-state index in [1.165, 1.54) is 18.2 Å². The van der Waals surface area contributed by atoms with E-state index in [1.54, 1.807) is 37.3 Å². The van der Waals surface area contributed by atoms with Gasteiger partial charge in [0.1, 0.15) is 0 Å². The average molecular weight is 555 g/mol. The molecule has 0 N–H and O–H groups in total. The van der Waals surface area contributed by atoms with Crippen LogP contribution in [0.5, 0.6) is 0 Å². The summed E-state index contributed by atoms with van der Waals surface area (Å²) in [6, 6.07) is 12.3. The lowest BCUT2D eigenvalue weighted by atomic mass is 10.1. The molecule has 3 aromatic rings. The normalized spacial score (nSPS) is 13.0. The topological polar surface area (TPSA) is 51.2 Å². The van der Waals surface area contributed by atoms with E-state index in [0.717, 1.165) is 0 Å². The van der Waals surface area contributed by atoms with Gasteiger partial charge in [0.25, 0.3) is 0 Å². The molecule has 0 saturated carbocycles. The zero-order valence-electron chi connectivity index (χ0n) is 15.6. The van der Waals surface area contributed by atoms with Crippen LogP contribution in [-0.2, 0) is 4.57 Å². The Bertz CT molecular complexity index is 1220. The summed E-state index contributed by atoms with van der Waals surface area (Å²) in [6.45, 7) is 1.62. The molecule has 0 aromatic heterocycles. The molecule has 3 aromatic carbocycles. The highest BCUT2D eigenvalue weighted by Gasteiger charge is 2.46. The molecule has 0 saturated heterocycles. The maximum atomic E-state index is 14.3. The smallest absolute Gasteiger partial charge is 0.248 e. The largest absolute Gasteiger partial charge is 0.302 e. The number of carbonyl (C=O) groups excluding carboxylic acids is 2. The van der Waals surface area contributed by atoms with Crippen LogP contribution < -0.4 is 5.30 Å². The Morgan fingerprint density at radius 2 is 1.13 bits per heavy atom. The zero-order chi connectivity index (χ0) is 23.1. The monoisotopic (exact) mass is 552 g/mol. The third kappa shape index (κ3) is 4.18. The number of aryl methyl sites for hydroxylation is 1. The molecule has 0 spiro atoms. The van der Waals surface area contributed by atoms with Crippen LogP contribution in [0.25, 0.3) is 0 Å². The van der Waals surface area contributed by atoms with Crippen LogP contribution in [0.4, 0.5) is 0 Å². The first kappa shape index (κ1) is 24.6. The summed E-state index contributed by atoms with van der Waals surface area (Å²) in [5, 5.41) is -1.34. The van der Waals surface area contributed by atoms with E-state index in [2.05, 4.69) is 0 Å². The van der Waals surface area contributed by atoms with Gasteiger partial charge in [-0.15, -0.1) is 0 Å². The molecule has 0 amide bonds. The first-order chi connectivity index (χ1) is 14.5. The summed E-state index contributed by atoms with van der Waals surface area (Å²) < 4.78 is 14.3. The fourth-order valence-corrected chi connectivity index (χ4v) is 7.19. The van der Waals surface area contributed by atoms with Gasteiger partial charge in [-0.05, 0) is 18.6 Å². The van der Waals surface area contributed by atoms with Crippen molar-refractivity contribution < 1.29 is 14.2 Å². The fraction of sp³-hybridized carbons (Fsp3) is 0.0476. The SMILES string of the molecule is Cc1cccc(Cl)c1C(=O)P(=O)(C(=O)c1c(Cl)c(Cl)c(Cl)c(Cl)c1Cl)c1ccccc1. The number of rotatable bonds is 5. The van der Waals surface area contributed by atoms with Gasteiger partial charge < -0.3 is 4.57 Å². The van der Waals surface area contributed by atoms with Gasteiger partial charge in [0.2, 0.25) is 18.2 Å². The molecule has 3 nitrogen and oxygen atoms in total. The average Bonchev–Trinajstić information content (AvgIpc) is 2.76. The molecule has 0 fully saturated rings. The maximum absolute atomic E-state index is 14.3. The highest BCUT2D eigenvalue weighted by Crippen LogP contribution is 2.56. The molecular weight excluding hydrogens is 544 g/mol. The lowest BCUT2D eigenvalue weighted by Crippen LogP contribution is -2.22. The fourth-order valence-electron chi connectivity index (χ4n) is 2.98. The lowest BCUT2D eigenvalue weighted by molar-refractivity contribution is 0.104. The van der Waals surface area contributed by atoms with Gasteiger partial charge >= 0.3 is 0 Å². The highest BCUT2D eigenvalue weighted by atomic mass is 35.5. The Labute approximate surface area is 208 Å². The predicted octanol–water partition coefficient (Wildman–Crippen LogP) is 8.58. The van der Waals surface area contributed by atoms with Gasteiger partial charge in [0.05, 0.1) is 35.7 Å². The molecule has 0 aliphatic carbocycles. The van der Waals surface area contributed by atoms with E-state index in [0.29, 0.717) is 5.56 Å². The maximum Gasteiger partial charge on any atom is 0.248 e. The number of hydrogen-bond acceptors (Lipinski definition) is 3. The second-order valence-corrected chi connectivity index (χ2v) is 11.3. The van der Waals surface area contributed by atoms with Crippen LogP contribution in [-0.4, -0.2) is 11.0 Å². The molecule has 0 heterocycles. The van der Waals surface area contributed by atoms with Crippen LogP contribution in [0.1, 0.15) is 26.3 Å². The van der Waals surface area contributed by atoms with E-state index in [9.17, 15) is 14.2 Å². The molecule has 10 heteroatoms. The minimum atomic E-state index is -4.55. The standard InChI is InChI=1S/C21H11Cl6O3P/c1-10-6-5-9-12(22)13(10)20(28)31(30,11-7-3-2-4-8-11)21(29)14-15(23)17(25)19(27)18(26)16(14)24/h2-9H,1H3. The van der Waals surface area contributed by atoms with E-state index in [4.69, 9.17) is 69.6 Å². The third-order valence-electron chi connectivity index (χ3n) is 4.55. The molecule has 0 radical (unpaired) electrons. The van der Waals surface area contributed by atoms with Crippen molar-refractivity contribution in [3.8, 4) is 0 Å². The molecule has 1 unspecified atom stereocenters. The molecule has 0 aliphatic heterocycles. The second-order valence-electron chi connectivity index (χ2n) is 6.43. The van der Waals surface area contributed by atoms with Crippen molar-refractivity contribution in [3.05, 3.63) is 95.4 Å².